The normalized spacial score (nSPS) is 13.6. The van der Waals surface area contributed by atoms with Crippen molar-refractivity contribution in [3.05, 3.63) is 58.0 Å². The molecule has 1 amide bonds. The minimum absolute atomic E-state index is 0.135. The van der Waals surface area contributed by atoms with E-state index in [1.807, 2.05) is 0 Å². The highest BCUT2D eigenvalue weighted by molar-refractivity contribution is 5.95. The van der Waals surface area contributed by atoms with E-state index in [1.165, 1.54) is 19.2 Å². The highest BCUT2D eigenvalue weighted by Gasteiger charge is 2.34. The molecule has 0 atom stereocenters. The van der Waals surface area contributed by atoms with Gasteiger partial charge in [0, 0.05) is 17.7 Å². The molecule has 1 aromatic heterocycles. The molecule has 0 bridgehead atoms. The Bertz CT molecular complexity index is 722. The van der Waals surface area contributed by atoms with Crippen molar-refractivity contribution >= 4 is 11.6 Å². The lowest BCUT2D eigenvalue weighted by atomic mass is 10.1. The Kier molecular flexibility index (Phi) is 4.01. The second-order valence-corrected chi connectivity index (χ2v) is 5.39. The van der Waals surface area contributed by atoms with Gasteiger partial charge in [-0.15, -0.1) is 0 Å². The summed E-state index contributed by atoms with van der Waals surface area (Å²) in [6, 6.07) is 7.99. The number of rotatable bonds is 6. The molecular formula is C16H16N2O5. The minimum Gasteiger partial charge on any atom is -0.490 e. The number of hydrogen-bond acceptors (Lipinski definition) is 5. The summed E-state index contributed by atoms with van der Waals surface area (Å²) in [6.07, 6.45) is 3.43. The van der Waals surface area contributed by atoms with E-state index in [0.29, 0.717) is 12.3 Å². The Morgan fingerprint density at radius 3 is 2.78 bits per heavy atom. The van der Waals surface area contributed by atoms with Crippen molar-refractivity contribution in [3.63, 3.8) is 0 Å². The molecule has 7 nitrogen and oxygen atoms in total. The number of furan rings is 1. The van der Waals surface area contributed by atoms with Gasteiger partial charge in [-0.3, -0.25) is 14.9 Å². The van der Waals surface area contributed by atoms with E-state index in [2.05, 4.69) is 0 Å². The lowest BCUT2D eigenvalue weighted by molar-refractivity contribution is -0.385. The SMILES string of the molecule is COc1ccc(C(=O)N(Cc2ccco2)C2CC2)cc1[N+](=O)[O-]. The summed E-state index contributed by atoms with van der Waals surface area (Å²) in [5.74, 6) is 0.582. The number of benzene rings is 1. The number of nitrogens with zero attached hydrogens (tertiary/aromatic N) is 2. The number of ether oxygens (including phenoxy) is 1. The molecule has 1 heterocycles. The zero-order chi connectivity index (χ0) is 16.4. The zero-order valence-corrected chi connectivity index (χ0v) is 12.6. The maximum atomic E-state index is 12.7. The maximum Gasteiger partial charge on any atom is 0.311 e. The summed E-state index contributed by atoms with van der Waals surface area (Å²) in [6.45, 7) is 0.357. The fourth-order valence-corrected chi connectivity index (χ4v) is 2.45. The van der Waals surface area contributed by atoms with Gasteiger partial charge in [0.1, 0.15) is 5.76 Å². The van der Waals surface area contributed by atoms with Crippen LogP contribution in [0, 0.1) is 10.1 Å². The van der Waals surface area contributed by atoms with Gasteiger partial charge in [-0.2, -0.15) is 0 Å². The van der Waals surface area contributed by atoms with E-state index in [1.54, 1.807) is 29.4 Å². The fourth-order valence-electron chi connectivity index (χ4n) is 2.45. The Morgan fingerprint density at radius 1 is 1.43 bits per heavy atom. The highest BCUT2D eigenvalue weighted by atomic mass is 16.6. The molecule has 1 aliphatic rings. The summed E-state index contributed by atoms with van der Waals surface area (Å²) < 4.78 is 10.3. The number of amides is 1. The standard InChI is InChI=1S/C16H16N2O5/c1-22-15-7-4-11(9-14(15)18(20)21)16(19)17(12-5-6-12)10-13-3-2-8-23-13/h2-4,7-9,12H,5-6,10H2,1H3. The molecule has 1 fully saturated rings. The van der Waals surface area contributed by atoms with Crippen LogP contribution in [0.1, 0.15) is 29.0 Å². The molecular weight excluding hydrogens is 300 g/mol. The molecule has 1 aliphatic carbocycles. The Hall–Kier alpha value is -2.83. The molecule has 0 radical (unpaired) electrons. The lowest BCUT2D eigenvalue weighted by Crippen LogP contribution is -2.32. The number of methoxy groups -OCH3 is 1. The molecule has 2 aromatic rings. The van der Waals surface area contributed by atoms with Gasteiger partial charge in [0.05, 0.1) is 24.8 Å². The second-order valence-electron chi connectivity index (χ2n) is 5.39. The number of nitro groups is 1. The van der Waals surface area contributed by atoms with Gasteiger partial charge in [0.15, 0.2) is 5.75 Å². The van der Waals surface area contributed by atoms with Gasteiger partial charge < -0.3 is 14.1 Å². The average Bonchev–Trinajstić information content (AvgIpc) is 3.27. The Balaban J connectivity index is 1.88. The third kappa shape index (κ3) is 3.18. The maximum absolute atomic E-state index is 12.7. The molecule has 1 saturated carbocycles. The van der Waals surface area contributed by atoms with E-state index in [4.69, 9.17) is 9.15 Å². The molecule has 1 aromatic carbocycles. The first kappa shape index (κ1) is 15.1. The van der Waals surface area contributed by atoms with Crippen LogP contribution in [-0.4, -0.2) is 28.9 Å². The number of carbonyl (C=O) groups excluding carboxylic acids is 1. The highest BCUT2D eigenvalue weighted by Crippen LogP contribution is 2.32. The van der Waals surface area contributed by atoms with Crippen LogP contribution in [0.25, 0.3) is 0 Å². The third-order valence-corrected chi connectivity index (χ3v) is 3.78. The average molecular weight is 316 g/mol. The molecule has 0 N–H and O–H groups in total. The molecule has 23 heavy (non-hydrogen) atoms. The summed E-state index contributed by atoms with van der Waals surface area (Å²) in [4.78, 5) is 25.0. The predicted molar refractivity (Wildman–Crippen MR) is 81.3 cm³/mol. The Labute approximate surface area is 132 Å². The fraction of sp³-hybridized carbons (Fsp3) is 0.312. The summed E-state index contributed by atoms with van der Waals surface area (Å²) in [7, 11) is 1.36. The molecule has 0 aliphatic heterocycles. The van der Waals surface area contributed by atoms with E-state index in [9.17, 15) is 14.9 Å². The molecule has 0 saturated heterocycles. The summed E-state index contributed by atoms with van der Waals surface area (Å²) in [5, 5.41) is 11.1. The van der Waals surface area contributed by atoms with Gasteiger partial charge in [0.2, 0.25) is 0 Å². The van der Waals surface area contributed by atoms with Gasteiger partial charge >= 0.3 is 5.69 Å². The first-order valence-electron chi connectivity index (χ1n) is 7.26. The van der Waals surface area contributed by atoms with E-state index < -0.39 is 4.92 Å². The van der Waals surface area contributed by atoms with Gasteiger partial charge in [0.25, 0.3) is 5.91 Å². The van der Waals surface area contributed by atoms with E-state index in [-0.39, 0.29) is 28.9 Å². The molecule has 7 heteroatoms. The summed E-state index contributed by atoms with van der Waals surface area (Å²) >= 11 is 0. The number of hydrogen-bond donors (Lipinski definition) is 0. The van der Waals surface area contributed by atoms with Crippen molar-refractivity contribution < 1.29 is 18.9 Å². The quantitative estimate of drug-likeness (QED) is 0.604. The van der Waals surface area contributed by atoms with Gasteiger partial charge in [-0.1, -0.05) is 0 Å². The second kappa shape index (κ2) is 6.12. The van der Waals surface area contributed by atoms with Crippen LogP contribution in [0.3, 0.4) is 0 Å². The van der Waals surface area contributed by atoms with Crippen LogP contribution < -0.4 is 4.74 Å². The van der Waals surface area contributed by atoms with Crippen molar-refractivity contribution in [1.82, 2.24) is 4.90 Å². The van der Waals surface area contributed by atoms with Gasteiger partial charge in [-0.05, 0) is 37.1 Å². The molecule has 3 rings (SSSR count). The van der Waals surface area contributed by atoms with Crippen molar-refractivity contribution in [3.8, 4) is 5.75 Å². The smallest absolute Gasteiger partial charge is 0.311 e. The monoisotopic (exact) mass is 316 g/mol. The van der Waals surface area contributed by atoms with Crippen molar-refractivity contribution in [2.75, 3.05) is 7.11 Å². The largest absolute Gasteiger partial charge is 0.490 e. The topological polar surface area (TPSA) is 85.8 Å². The van der Waals surface area contributed by atoms with Crippen LogP contribution in [0.15, 0.2) is 41.0 Å². The van der Waals surface area contributed by atoms with Crippen LogP contribution in [0.5, 0.6) is 5.75 Å². The van der Waals surface area contributed by atoms with Crippen molar-refractivity contribution in [2.45, 2.75) is 25.4 Å². The number of nitro benzene ring substituents is 1. The van der Waals surface area contributed by atoms with Gasteiger partial charge in [-0.25, -0.2) is 0 Å². The first-order chi connectivity index (χ1) is 11.1. The third-order valence-electron chi connectivity index (χ3n) is 3.78. The zero-order valence-electron chi connectivity index (χ0n) is 12.6. The minimum atomic E-state index is -0.552. The molecule has 0 spiro atoms. The number of carbonyl (C=O) groups is 1. The Morgan fingerprint density at radius 2 is 2.22 bits per heavy atom. The predicted octanol–water partition coefficient (Wildman–Crippen LogP) is 3.00. The molecule has 120 valence electrons. The van der Waals surface area contributed by atoms with Crippen LogP contribution >= 0.6 is 0 Å². The van der Waals surface area contributed by atoms with Crippen LogP contribution in [0.2, 0.25) is 0 Å². The van der Waals surface area contributed by atoms with E-state index >= 15 is 0 Å². The van der Waals surface area contributed by atoms with E-state index in [0.717, 1.165) is 12.8 Å². The summed E-state index contributed by atoms with van der Waals surface area (Å²) in [5.41, 5.74) is 0.0584. The molecule has 0 unspecified atom stereocenters. The lowest BCUT2D eigenvalue weighted by Gasteiger charge is -2.21. The van der Waals surface area contributed by atoms with Crippen molar-refractivity contribution in [1.29, 1.82) is 0 Å². The van der Waals surface area contributed by atoms with Crippen molar-refractivity contribution in [2.24, 2.45) is 0 Å². The van der Waals surface area contributed by atoms with Crippen LogP contribution in [0.4, 0.5) is 5.69 Å². The van der Waals surface area contributed by atoms with Crippen LogP contribution in [-0.2, 0) is 6.54 Å². The first-order valence-corrected chi connectivity index (χ1v) is 7.26.